The van der Waals surface area contributed by atoms with Gasteiger partial charge in [-0.3, -0.25) is 4.79 Å². The van der Waals surface area contributed by atoms with Gasteiger partial charge in [0.2, 0.25) is 0 Å². The third-order valence-corrected chi connectivity index (χ3v) is 3.83. The van der Waals surface area contributed by atoms with E-state index in [2.05, 4.69) is 4.98 Å². The van der Waals surface area contributed by atoms with Crippen molar-refractivity contribution in [1.29, 1.82) is 0 Å². The zero-order chi connectivity index (χ0) is 18.0. The molecular formula is C19H17FN2O3. The number of carbonyl (C=O) groups is 1. The monoisotopic (exact) mass is 340 g/mol. The van der Waals surface area contributed by atoms with Crippen molar-refractivity contribution in [2.45, 2.75) is 20.5 Å². The van der Waals surface area contributed by atoms with Crippen molar-refractivity contribution < 1.29 is 19.1 Å². The number of Topliss-reactive ketones (excluding diaryl/α,β-unsaturated/α-hetero) is 1. The van der Waals surface area contributed by atoms with Gasteiger partial charge in [-0.2, -0.15) is 4.73 Å². The van der Waals surface area contributed by atoms with E-state index in [1.165, 1.54) is 13.0 Å². The Kier molecular flexibility index (Phi) is 4.52. The molecule has 5 nitrogen and oxygen atoms in total. The molecule has 0 aliphatic rings. The van der Waals surface area contributed by atoms with Crippen molar-refractivity contribution in [3.05, 3.63) is 71.3 Å². The maximum absolute atomic E-state index is 13.6. The number of rotatable bonds is 5. The highest BCUT2D eigenvalue weighted by molar-refractivity contribution is 5.94. The summed E-state index contributed by atoms with van der Waals surface area (Å²) >= 11 is 0. The first-order valence-corrected chi connectivity index (χ1v) is 7.73. The summed E-state index contributed by atoms with van der Waals surface area (Å²) in [5.74, 6) is 0.271. The Balaban J connectivity index is 1.78. The van der Waals surface area contributed by atoms with Crippen LogP contribution in [0.2, 0.25) is 0 Å². The molecule has 1 heterocycles. The van der Waals surface area contributed by atoms with Crippen molar-refractivity contribution in [2.24, 2.45) is 0 Å². The van der Waals surface area contributed by atoms with Crippen LogP contribution in [0.3, 0.4) is 0 Å². The molecule has 0 spiro atoms. The highest BCUT2D eigenvalue weighted by Crippen LogP contribution is 2.24. The molecule has 2 aromatic carbocycles. The van der Waals surface area contributed by atoms with Gasteiger partial charge in [0.25, 0.3) is 0 Å². The smallest absolute Gasteiger partial charge is 0.181 e. The van der Waals surface area contributed by atoms with Crippen LogP contribution >= 0.6 is 0 Å². The first-order valence-electron chi connectivity index (χ1n) is 7.73. The van der Waals surface area contributed by atoms with E-state index in [0.717, 1.165) is 4.73 Å². The number of ketones is 1. The van der Waals surface area contributed by atoms with Gasteiger partial charge in [-0.25, -0.2) is 9.37 Å². The molecular weight excluding hydrogens is 323 g/mol. The summed E-state index contributed by atoms with van der Waals surface area (Å²) in [6.45, 7) is 3.16. The van der Waals surface area contributed by atoms with Gasteiger partial charge in [0.1, 0.15) is 23.9 Å². The Bertz CT molecular complexity index is 917. The van der Waals surface area contributed by atoms with E-state index < -0.39 is 0 Å². The van der Waals surface area contributed by atoms with Crippen LogP contribution in [0, 0.1) is 12.7 Å². The molecule has 0 unspecified atom stereocenters. The maximum atomic E-state index is 13.6. The summed E-state index contributed by atoms with van der Waals surface area (Å²) in [4.78, 5) is 15.8. The highest BCUT2D eigenvalue weighted by Gasteiger charge is 2.18. The second-order valence-electron chi connectivity index (χ2n) is 5.64. The number of nitrogens with zero attached hydrogens (tertiary/aromatic N) is 2. The Morgan fingerprint density at radius 3 is 2.48 bits per heavy atom. The van der Waals surface area contributed by atoms with E-state index in [4.69, 9.17) is 4.74 Å². The van der Waals surface area contributed by atoms with E-state index >= 15 is 0 Å². The van der Waals surface area contributed by atoms with Gasteiger partial charge in [-0.15, -0.1) is 0 Å². The van der Waals surface area contributed by atoms with E-state index in [1.807, 2.05) is 0 Å². The fraction of sp³-hybridized carbons (Fsp3) is 0.158. The lowest BCUT2D eigenvalue weighted by atomic mass is 10.2. The number of imidazole rings is 1. The minimum Gasteiger partial charge on any atom is -0.489 e. The topological polar surface area (TPSA) is 64.3 Å². The van der Waals surface area contributed by atoms with Crippen molar-refractivity contribution in [1.82, 2.24) is 9.71 Å². The van der Waals surface area contributed by atoms with Gasteiger partial charge >= 0.3 is 0 Å². The Hall–Kier alpha value is -3.15. The molecule has 0 aliphatic carbocycles. The number of hydrogen-bond donors (Lipinski definition) is 1. The number of aryl methyl sites for hydroxylation is 1. The largest absolute Gasteiger partial charge is 0.489 e. The average molecular weight is 340 g/mol. The number of halogens is 1. The van der Waals surface area contributed by atoms with Crippen LogP contribution in [0.1, 0.15) is 28.7 Å². The minimum atomic E-state index is -0.311. The van der Waals surface area contributed by atoms with Gasteiger partial charge in [-0.1, -0.05) is 18.2 Å². The third kappa shape index (κ3) is 3.38. The zero-order valence-electron chi connectivity index (χ0n) is 13.9. The second-order valence-corrected chi connectivity index (χ2v) is 5.64. The van der Waals surface area contributed by atoms with E-state index in [0.29, 0.717) is 22.6 Å². The molecule has 6 heteroatoms. The van der Waals surface area contributed by atoms with E-state index in [9.17, 15) is 14.4 Å². The van der Waals surface area contributed by atoms with Gasteiger partial charge in [0, 0.05) is 18.1 Å². The summed E-state index contributed by atoms with van der Waals surface area (Å²) < 4.78 is 20.0. The molecule has 0 bridgehead atoms. The van der Waals surface area contributed by atoms with Crippen LogP contribution in [0.25, 0.3) is 11.4 Å². The summed E-state index contributed by atoms with van der Waals surface area (Å²) in [7, 11) is 0. The highest BCUT2D eigenvalue weighted by atomic mass is 19.1. The minimum absolute atomic E-state index is 0.119. The molecule has 0 saturated heterocycles. The van der Waals surface area contributed by atoms with Crippen molar-refractivity contribution >= 4 is 5.78 Å². The Morgan fingerprint density at radius 1 is 1.20 bits per heavy atom. The van der Waals surface area contributed by atoms with Crippen molar-refractivity contribution in [3.63, 3.8) is 0 Å². The number of aromatic nitrogens is 2. The molecule has 0 amide bonds. The summed E-state index contributed by atoms with van der Waals surface area (Å²) in [5, 5.41) is 10.1. The molecule has 0 atom stereocenters. The molecule has 3 aromatic rings. The fourth-order valence-corrected chi connectivity index (χ4v) is 2.59. The van der Waals surface area contributed by atoms with Crippen LogP contribution in [-0.4, -0.2) is 20.7 Å². The number of benzene rings is 2. The van der Waals surface area contributed by atoms with Crippen LogP contribution in [0.15, 0.2) is 48.5 Å². The Morgan fingerprint density at radius 2 is 1.88 bits per heavy atom. The quantitative estimate of drug-likeness (QED) is 0.563. The molecule has 0 aliphatic heterocycles. The molecule has 1 N–H and O–H groups in total. The number of carbonyl (C=O) groups excluding carboxylic acids is 1. The predicted octanol–water partition coefficient (Wildman–Crippen LogP) is 4.02. The van der Waals surface area contributed by atoms with Crippen LogP contribution in [0.5, 0.6) is 5.75 Å². The molecule has 0 fully saturated rings. The second kappa shape index (κ2) is 6.76. The number of ether oxygens (including phenoxy) is 1. The van der Waals surface area contributed by atoms with E-state index in [-0.39, 0.29) is 29.7 Å². The van der Waals surface area contributed by atoms with Crippen LogP contribution in [-0.2, 0) is 6.61 Å². The average Bonchev–Trinajstić information content (AvgIpc) is 2.89. The molecule has 0 radical (unpaired) electrons. The lowest BCUT2D eigenvalue weighted by Gasteiger charge is -2.08. The molecule has 25 heavy (non-hydrogen) atoms. The number of hydrogen-bond acceptors (Lipinski definition) is 4. The first kappa shape index (κ1) is 16.7. The third-order valence-electron chi connectivity index (χ3n) is 3.83. The Labute approximate surface area is 144 Å². The lowest BCUT2D eigenvalue weighted by molar-refractivity contribution is 0.0965. The lowest BCUT2D eigenvalue weighted by Crippen LogP contribution is -2.05. The zero-order valence-corrected chi connectivity index (χ0v) is 13.9. The van der Waals surface area contributed by atoms with Gasteiger partial charge in [0.15, 0.2) is 11.6 Å². The summed E-state index contributed by atoms with van der Waals surface area (Å²) in [6, 6.07) is 13.3. The van der Waals surface area contributed by atoms with Crippen LogP contribution < -0.4 is 4.74 Å². The normalized spacial score (nSPS) is 10.7. The maximum Gasteiger partial charge on any atom is 0.181 e. The van der Waals surface area contributed by atoms with E-state index in [1.54, 1.807) is 49.4 Å². The summed E-state index contributed by atoms with van der Waals surface area (Å²) in [5.41, 5.74) is 1.73. The molecule has 3 rings (SSSR count). The van der Waals surface area contributed by atoms with Gasteiger partial charge < -0.3 is 9.94 Å². The summed E-state index contributed by atoms with van der Waals surface area (Å²) in [6.07, 6.45) is 0. The fourth-order valence-electron chi connectivity index (χ4n) is 2.59. The predicted molar refractivity (Wildman–Crippen MR) is 90.3 cm³/mol. The van der Waals surface area contributed by atoms with Gasteiger partial charge in [-0.05, 0) is 37.3 Å². The molecule has 1 aromatic heterocycles. The molecule has 0 saturated carbocycles. The van der Waals surface area contributed by atoms with Crippen LogP contribution in [0.4, 0.5) is 4.39 Å². The van der Waals surface area contributed by atoms with Gasteiger partial charge in [0.05, 0.1) is 5.69 Å². The SMILES string of the molecule is CC(=O)c1c(C)nc(-c2ccc(OCc3ccccc3F)cc2)n1O. The molecule has 128 valence electrons. The first-order chi connectivity index (χ1) is 12.0. The van der Waals surface area contributed by atoms with Crippen molar-refractivity contribution in [3.8, 4) is 17.1 Å². The standard InChI is InChI=1S/C19H17FN2O3/c1-12-18(13(2)23)22(24)19(21-12)14-7-9-16(10-8-14)25-11-15-5-3-4-6-17(15)20/h3-10,24H,11H2,1-2H3. The van der Waals surface area contributed by atoms with Crippen molar-refractivity contribution in [2.75, 3.05) is 0 Å².